The molecule has 3 rings (SSSR count). The van der Waals surface area contributed by atoms with Crippen molar-refractivity contribution >= 4 is 11.6 Å². The number of piperazine rings is 1. The van der Waals surface area contributed by atoms with Gasteiger partial charge in [-0.1, -0.05) is 41.9 Å². The molecule has 0 spiro atoms. The lowest BCUT2D eigenvalue weighted by molar-refractivity contribution is 0.0701. The molecule has 0 unspecified atom stereocenters. The summed E-state index contributed by atoms with van der Waals surface area (Å²) in [6.07, 6.45) is -0.557. The van der Waals surface area contributed by atoms with Gasteiger partial charge in [0.15, 0.2) is 0 Å². The second-order valence-electron chi connectivity index (χ2n) is 6.42. The van der Waals surface area contributed by atoms with Crippen molar-refractivity contribution in [3.05, 3.63) is 70.2 Å². The van der Waals surface area contributed by atoms with Gasteiger partial charge in [-0.25, -0.2) is 0 Å². The molecule has 0 aliphatic carbocycles. The summed E-state index contributed by atoms with van der Waals surface area (Å²) in [4.78, 5) is 4.68. The van der Waals surface area contributed by atoms with Gasteiger partial charge in [0.1, 0.15) is 0 Å². The van der Waals surface area contributed by atoms with Crippen LogP contribution >= 0.6 is 11.6 Å². The molecule has 5 heteroatoms. The fourth-order valence-corrected chi connectivity index (χ4v) is 3.42. The Balaban J connectivity index is 1.48. The van der Waals surface area contributed by atoms with Gasteiger partial charge in [0.05, 0.1) is 17.7 Å². The number of hydrogen-bond donors (Lipinski definition) is 1. The summed E-state index contributed by atoms with van der Waals surface area (Å²) in [6.45, 7) is 5.29. The molecule has 1 aliphatic heterocycles. The summed E-state index contributed by atoms with van der Waals surface area (Å²) in [5.41, 5.74) is 2.72. The van der Waals surface area contributed by atoms with E-state index in [9.17, 15) is 5.11 Å². The highest BCUT2D eigenvalue weighted by molar-refractivity contribution is 6.31. The van der Waals surface area contributed by atoms with Crippen molar-refractivity contribution in [1.82, 2.24) is 9.80 Å². The van der Waals surface area contributed by atoms with Crippen molar-refractivity contribution in [3.63, 3.8) is 0 Å². The number of aliphatic hydroxyl groups excluding tert-OH is 1. The number of halogens is 1. The van der Waals surface area contributed by atoms with Crippen LogP contribution < -0.4 is 0 Å². The zero-order valence-electron chi connectivity index (χ0n) is 14.1. The van der Waals surface area contributed by atoms with Crippen LogP contribution in [-0.4, -0.2) is 47.6 Å². The van der Waals surface area contributed by atoms with Gasteiger partial charge in [-0.2, -0.15) is 5.26 Å². The van der Waals surface area contributed by atoms with Crippen LogP contribution in [0.1, 0.15) is 22.8 Å². The quantitative estimate of drug-likeness (QED) is 0.895. The fraction of sp³-hybridized carbons (Fsp3) is 0.350. The van der Waals surface area contributed by atoms with Crippen molar-refractivity contribution in [3.8, 4) is 6.07 Å². The maximum Gasteiger partial charge on any atom is 0.0991 e. The van der Waals surface area contributed by atoms with E-state index in [1.165, 1.54) is 5.56 Å². The average Bonchev–Trinajstić information content (AvgIpc) is 2.64. The summed E-state index contributed by atoms with van der Waals surface area (Å²) in [6, 6.07) is 17.4. The van der Waals surface area contributed by atoms with Gasteiger partial charge < -0.3 is 5.11 Å². The molecule has 1 N–H and O–H groups in total. The fourth-order valence-electron chi connectivity index (χ4n) is 3.16. The van der Waals surface area contributed by atoms with Gasteiger partial charge >= 0.3 is 0 Å². The third-order valence-electron chi connectivity index (χ3n) is 4.65. The Kier molecular flexibility index (Phi) is 6.06. The number of nitriles is 1. The number of nitrogens with zero attached hydrogens (tertiary/aromatic N) is 3. The van der Waals surface area contributed by atoms with E-state index in [0.717, 1.165) is 38.3 Å². The van der Waals surface area contributed by atoms with E-state index in [2.05, 4.69) is 15.9 Å². The van der Waals surface area contributed by atoms with E-state index >= 15 is 0 Å². The predicted molar refractivity (Wildman–Crippen MR) is 99.3 cm³/mol. The highest BCUT2D eigenvalue weighted by Gasteiger charge is 2.21. The molecule has 1 aliphatic rings. The van der Waals surface area contributed by atoms with Gasteiger partial charge in [0, 0.05) is 49.9 Å². The molecule has 1 atom stereocenters. The summed E-state index contributed by atoms with van der Waals surface area (Å²) in [7, 11) is 0. The molecule has 1 fully saturated rings. The standard InChI is InChI=1S/C20H22ClN3O/c21-19-4-2-1-3-18(19)20(25)15-24-11-9-23(10-12-24)14-17-7-5-16(13-22)6-8-17/h1-8,20,25H,9-12,14-15H2/t20-/m0/s1. The van der Waals surface area contributed by atoms with Crippen molar-refractivity contribution in [2.24, 2.45) is 0 Å². The predicted octanol–water partition coefficient (Wildman–Crippen LogP) is 3.06. The van der Waals surface area contributed by atoms with Crippen molar-refractivity contribution in [2.45, 2.75) is 12.6 Å². The first-order chi connectivity index (χ1) is 12.2. The molecule has 0 amide bonds. The highest BCUT2D eigenvalue weighted by atomic mass is 35.5. The van der Waals surface area contributed by atoms with Crippen LogP contribution in [0.15, 0.2) is 48.5 Å². The number of aliphatic hydroxyl groups is 1. The number of β-amino-alcohol motifs (C(OH)–C–C–N with tert-alkyl or cyclic N) is 1. The van der Waals surface area contributed by atoms with Gasteiger partial charge in [-0.3, -0.25) is 9.80 Å². The Morgan fingerprint density at radius 1 is 1.00 bits per heavy atom. The molecular formula is C20H22ClN3O. The maximum absolute atomic E-state index is 10.4. The van der Waals surface area contributed by atoms with Crippen LogP contribution in [0.4, 0.5) is 0 Å². The topological polar surface area (TPSA) is 50.5 Å². The first-order valence-corrected chi connectivity index (χ1v) is 8.90. The van der Waals surface area contributed by atoms with Gasteiger partial charge in [-0.15, -0.1) is 0 Å². The summed E-state index contributed by atoms with van der Waals surface area (Å²) < 4.78 is 0. The van der Waals surface area contributed by atoms with Crippen LogP contribution in [0.25, 0.3) is 0 Å². The van der Waals surface area contributed by atoms with Crippen LogP contribution in [0.2, 0.25) is 5.02 Å². The molecule has 1 saturated heterocycles. The normalized spacial score (nSPS) is 17.2. The van der Waals surface area contributed by atoms with Crippen LogP contribution in [-0.2, 0) is 6.54 Å². The van der Waals surface area contributed by atoms with E-state index in [1.807, 2.05) is 48.5 Å². The Hall–Kier alpha value is -1.90. The minimum atomic E-state index is -0.557. The second-order valence-corrected chi connectivity index (χ2v) is 6.83. The first-order valence-electron chi connectivity index (χ1n) is 8.52. The van der Waals surface area contributed by atoms with E-state index < -0.39 is 6.10 Å². The third-order valence-corrected chi connectivity index (χ3v) is 4.99. The van der Waals surface area contributed by atoms with Crippen molar-refractivity contribution < 1.29 is 5.11 Å². The van der Waals surface area contributed by atoms with E-state index in [4.69, 9.17) is 16.9 Å². The Bertz CT molecular complexity index is 733. The second kappa shape index (κ2) is 8.46. The minimum absolute atomic E-state index is 0.557. The van der Waals surface area contributed by atoms with Gasteiger partial charge in [0.25, 0.3) is 0 Å². The first kappa shape index (κ1) is 17.9. The van der Waals surface area contributed by atoms with Crippen molar-refractivity contribution in [2.75, 3.05) is 32.7 Å². The average molecular weight is 356 g/mol. The van der Waals surface area contributed by atoms with E-state index in [-0.39, 0.29) is 0 Å². The Morgan fingerprint density at radius 2 is 1.64 bits per heavy atom. The molecule has 0 bridgehead atoms. The summed E-state index contributed by atoms with van der Waals surface area (Å²) in [5.74, 6) is 0. The highest BCUT2D eigenvalue weighted by Crippen LogP contribution is 2.23. The largest absolute Gasteiger partial charge is 0.387 e. The molecule has 0 aromatic heterocycles. The van der Waals surface area contributed by atoms with E-state index in [1.54, 1.807) is 0 Å². The Morgan fingerprint density at radius 3 is 2.28 bits per heavy atom. The van der Waals surface area contributed by atoms with Crippen LogP contribution in [0.3, 0.4) is 0 Å². The molecule has 0 saturated carbocycles. The molecule has 1 heterocycles. The molecular weight excluding hydrogens is 334 g/mol. The number of hydrogen-bond acceptors (Lipinski definition) is 4. The SMILES string of the molecule is N#Cc1ccc(CN2CCN(C[C@H](O)c3ccccc3Cl)CC2)cc1. The molecule has 2 aromatic rings. The molecule has 25 heavy (non-hydrogen) atoms. The minimum Gasteiger partial charge on any atom is -0.387 e. The third kappa shape index (κ3) is 4.81. The van der Waals surface area contributed by atoms with E-state index in [0.29, 0.717) is 17.1 Å². The van der Waals surface area contributed by atoms with Gasteiger partial charge in [-0.05, 0) is 23.8 Å². The number of rotatable bonds is 5. The lowest BCUT2D eigenvalue weighted by atomic mass is 10.1. The maximum atomic E-state index is 10.4. The summed E-state index contributed by atoms with van der Waals surface area (Å²) in [5, 5.41) is 19.9. The lowest BCUT2D eigenvalue weighted by Gasteiger charge is -2.35. The van der Waals surface area contributed by atoms with Crippen LogP contribution in [0, 0.1) is 11.3 Å². The zero-order chi connectivity index (χ0) is 17.6. The monoisotopic (exact) mass is 355 g/mol. The molecule has 130 valence electrons. The summed E-state index contributed by atoms with van der Waals surface area (Å²) >= 11 is 6.16. The zero-order valence-corrected chi connectivity index (χ0v) is 14.9. The lowest BCUT2D eigenvalue weighted by Crippen LogP contribution is -2.47. The molecule has 0 radical (unpaired) electrons. The van der Waals surface area contributed by atoms with Gasteiger partial charge in [0.2, 0.25) is 0 Å². The van der Waals surface area contributed by atoms with Crippen LogP contribution in [0.5, 0.6) is 0 Å². The van der Waals surface area contributed by atoms with Crippen molar-refractivity contribution in [1.29, 1.82) is 5.26 Å². The molecule has 2 aromatic carbocycles. The smallest absolute Gasteiger partial charge is 0.0991 e. The molecule has 4 nitrogen and oxygen atoms in total. The number of benzene rings is 2. The Labute approximate surface area is 153 Å².